The molecule has 2 heterocycles. The number of H-pyrrole nitrogens is 1. The Morgan fingerprint density at radius 1 is 1.13 bits per heavy atom. The lowest BCUT2D eigenvalue weighted by molar-refractivity contribution is 0.0959. The third-order valence-electron chi connectivity index (χ3n) is 4.64. The predicted molar refractivity (Wildman–Crippen MR) is 120 cm³/mol. The van der Waals surface area contributed by atoms with Crippen molar-refractivity contribution in [3.63, 3.8) is 0 Å². The normalized spacial score (nSPS) is 10.4. The summed E-state index contributed by atoms with van der Waals surface area (Å²) in [6, 6.07) is 16.5. The van der Waals surface area contributed by atoms with Crippen molar-refractivity contribution in [1.29, 1.82) is 5.41 Å². The van der Waals surface area contributed by atoms with Crippen LogP contribution in [0.25, 0.3) is 10.9 Å². The highest BCUT2D eigenvalue weighted by molar-refractivity contribution is 6.07. The van der Waals surface area contributed by atoms with Gasteiger partial charge in [0.2, 0.25) is 0 Å². The number of nitrogens with one attached hydrogen (secondary N) is 4. The molecule has 8 heteroatoms. The van der Waals surface area contributed by atoms with E-state index in [4.69, 9.17) is 10.5 Å². The molecule has 0 radical (unpaired) electrons. The van der Waals surface area contributed by atoms with E-state index < -0.39 is 0 Å². The van der Waals surface area contributed by atoms with Gasteiger partial charge < -0.3 is 20.3 Å². The molecule has 0 saturated carbocycles. The maximum Gasteiger partial charge on any atom is 0.254 e. The van der Waals surface area contributed by atoms with E-state index in [1.54, 1.807) is 29.1 Å². The summed E-state index contributed by atoms with van der Waals surface area (Å²) in [7, 11) is 0. The van der Waals surface area contributed by atoms with E-state index in [0.717, 1.165) is 16.6 Å². The van der Waals surface area contributed by atoms with Crippen molar-refractivity contribution in [3.8, 4) is 11.8 Å². The van der Waals surface area contributed by atoms with Crippen LogP contribution in [0, 0.1) is 17.3 Å². The molecule has 0 saturated heterocycles. The first-order chi connectivity index (χ1) is 15.2. The summed E-state index contributed by atoms with van der Waals surface area (Å²) in [5, 5.41) is 31.2. The Morgan fingerprint density at radius 2 is 1.94 bits per heavy atom. The minimum atomic E-state index is -0.264. The molecule has 0 aliphatic carbocycles. The highest BCUT2D eigenvalue weighted by Crippen LogP contribution is 2.25. The Kier molecular flexibility index (Phi) is 5.78. The summed E-state index contributed by atoms with van der Waals surface area (Å²) < 4.78 is 1.70. The summed E-state index contributed by atoms with van der Waals surface area (Å²) >= 11 is 0. The van der Waals surface area contributed by atoms with Gasteiger partial charge in [-0.3, -0.25) is 15.3 Å². The zero-order valence-corrected chi connectivity index (χ0v) is 16.5. The third-order valence-corrected chi connectivity index (χ3v) is 4.64. The van der Waals surface area contributed by atoms with Crippen LogP contribution >= 0.6 is 0 Å². The number of anilines is 2. The molecule has 1 amide bonds. The molecule has 0 atom stereocenters. The molecule has 0 aliphatic heterocycles. The average Bonchev–Trinajstić information content (AvgIpc) is 3.46. The predicted octanol–water partition coefficient (Wildman–Crippen LogP) is 2.71. The molecule has 8 nitrogen and oxygen atoms in total. The highest BCUT2D eigenvalue weighted by atomic mass is 16.2. The Morgan fingerprint density at radius 3 is 2.74 bits per heavy atom. The van der Waals surface area contributed by atoms with Crippen LogP contribution in [0.2, 0.25) is 0 Å². The van der Waals surface area contributed by atoms with Crippen LogP contribution in [0.15, 0.2) is 67.0 Å². The molecule has 5 N–H and O–H groups in total. The first-order valence-corrected chi connectivity index (χ1v) is 9.58. The first-order valence-electron chi connectivity index (χ1n) is 9.58. The van der Waals surface area contributed by atoms with Crippen LogP contribution in [0.5, 0.6) is 0 Å². The molecular weight excluding hydrogens is 392 g/mol. The second-order valence-corrected chi connectivity index (χ2v) is 6.64. The molecule has 2 aromatic carbocycles. The monoisotopic (exact) mass is 412 g/mol. The van der Waals surface area contributed by atoms with Crippen LogP contribution in [-0.4, -0.2) is 44.8 Å². The maximum atomic E-state index is 12.5. The number of hydrogen-bond donors (Lipinski definition) is 5. The van der Waals surface area contributed by atoms with E-state index >= 15 is 0 Å². The quantitative estimate of drug-likeness (QED) is 0.197. The molecule has 4 rings (SSSR count). The number of carbonyl (C=O) groups is 1. The summed E-state index contributed by atoms with van der Waals surface area (Å²) in [5.41, 5.74) is 3.23. The van der Waals surface area contributed by atoms with Gasteiger partial charge in [-0.2, -0.15) is 5.10 Å². The van der Waals surface area contributed by atoms with Gasteiger partial charge in [0.25, 0.3) is 5.91 Å². The number of benzene rings is 2. The fourth-order valence-electron chi connectivity index (χ4n) is 3.17. The minimum absolute atomic E-state index is 0.157. The van der Waals surface area contributed by atoms with Crippen LogP contribution in [0.4, 0.5) is 11.4 Å². The van der Waals surface area contributed by atoms with Crippen molar-refractivity contribution < 1.29 is 9.90 Å². The molecule has 0 spiro atoms. The van der Waals surface area contributed by atoms with Crippen molar-refractivity contribution in [2.75, 3.05) is 18.5 Å². The number of aromatic amines is 1. The van der Waals surface area contributed by atoms with E-state index in [1.165, 1.54) is 0 Å². The third kappa shape index (κ3) is 4.32. The lowest BCUT2D eigenvalue weighted by Gasteiger charge is -2.12. The van der Waals surface area contributed by atoms with Crippen LogP contribution in [0.3, 0.4) is 0 Å². The lowest BCUT2D eigenvalue weighted by Crippen LogP contribution is -2.24. The Balaban J connectivity index is 1.56. The number of aliphatic hydroxyl groups is 1. The number of aromatic nitrogens is 3. The Hall–Kier alpha value is -4.35. The van der Waals surface area contributed by atoms with E-state index in [1.807, 2.05) is 42.5 Å². The number of nitrogens with zero attached hydrogens (tertiary/aromatic N) is 2. The molecule has 2 aromatic heterocycles. The van der Waals surface area contributed by atoms with Gasteiger partial charge >= 0.3 is 0 Å². The van der Waals surface area contributed by atoms with Gasteiger partial charge in [-0.05, 0) is 42.5 Å². The molecule has 4 aromatic rings. The van der Waals surface area contributed by atoms with Gasteiger partial charge in [0.1, 0.15) is 12.3 Å². The number of carbonyl (C=O) groups excluding carboxylic acids is 1. The van der Waals surface area contributed by atoms with Crippen LogP contribution < -0.4 is 10.6 Å². The van der Waals surface area contributed by atoms with E-state index in [9.17, 15) is 4.79 Å². The van der Waals surface area contributed by atoms with Crippen molar-refractivity contribution in [3.05, 3.63) is 78.2 Å². The lowest BCUT2D eigenvalue weighted by atomic mass is 10.1. The second kappa shape index (κ2) is 8.98. The molecule has 0 fully saturated rings. The van der Waals surface area contributed by atoms with Gasteiger partial charge in [0.15, 0.2) is 5.84 Å². The average molecular weight is 412 g/mol. The van der Waals surface area contributed by atoms with E-state index in [-0.39, 0.29) is 24.9 Å². The summed E-state index contributed by atoms with van der Waals surface area (Å²) in [6.07, 6.45) is 3.60. The largest absolute Gasteiger partial charge is 0.384 e. The van der Waals surface area contributed by atoms with Crippen molar-refractivity contribution in [2.45, 2.75) is 0 Å². The summed E-state index contributed by atoms with van der Waals surface area (Å²) in [5.74, 6) is 5.18. The zero-order chi connectivity index (χ0) is 21.6. The fourth-order valence-corrected chi connectivity index (χ4v) is 3.17. The molecular formula is C23H20N6O2. The summed E-state index contributed by atoms with van der Waals surface area (Å²) in [6.45, 7) is -0.0827. The number of para-hydroxylation sites is 1. The van der Waals surface area contributed by atoms with E-state index in [0.29, 0.717) is 16.9 Å². The topological polar surface area (TPSA) is 119 Å². The molecule has 0 bridgehead atoms. The molecule has 154 valence electrons. The first kappa shape index (κ1) is 19.9. The van der Waals surface area contributed by atoms with Crippen molar-refractivity contribution >= 4 is 34.0 Å². The number of amides is 1. The highest BCUT2D eigenvalue weighted by Gasteiger charge is 2.14. The summed E-state index contributed by atoms with van der Waals surface area (Å²) in [4.78, 5) is 12.5. The molecule has 0 unspecified atom stereocenters. The maximum absolute atomic E-state index is 12.5. The Labute approximate surface area is 178 Å². The SMILES string of the molecule is N=C(c1n[nH]c2cc(Nc3ccccc3C(=O)NCC#CCO)ccc12)n1cccc1. The standard InChI is InChI=1S/C23H20N6O2/c24-22(29-12-4-5-13-29)21-17-10-9-16(15-20(17)27-28-21)26-19-8-2-1-7-18(19)23(31)25-11-3-6-14-30/h1-2,4-5,7-10,12-13,15,24,26,30H,11,14H2,(H,25,31)(H,27,28). The number of fused-ring (bicyclic) bond motifs is 1. The number of hydrogen-bond acceptors (Lipinski definition) is 5. The second-order valence-electron chi connectivity index (χ2n) is 6.64. The van der Waals surface area contributed by atoms with Gasteiger partial charge in [-0.1, -0.05) is 24.0 Å². The zero-order valence-electron chi connectivity index (χ0n) is 16.5. The van der Waals surface area contributed by atoms with Gasteiger partial charge in [-0.15, -0.1) is 0 Å². The fraction of sp³-hybridized carbons (Fsp3) is 0.0870. The van der Waals surface area contributed by atoms with E-state index in [2.05, 4.69) is 32.7 Å². The van der Waals surface area contributed by atoms with Crippen LogP contribution in [0.1, 0.15) is 16.1 Å². The molecule has 31 heavy (non-hydrogen) atoms. The van der Waals surface area contributed by atoms with Gasteiger partial charge in [0.05, 0.1) is 23.3 Å². The van der Waals surface area contributed by atoms with Crippen molar-refractivity contribution in [2.24, 2.45) is 0 Å². The van der Waals surface area contributed by atoms with Gasteiger partial charge in [-0.25, -0.2) is 0 Å². The van der Waals surface area contributed by atoms with Crippen molar-refractivity contribution in [1.82, 2.24) is 20.1 Å². The Bertz CT molecular complexity index is 1290. The van der Waals surface area contributed by atoms with Crippen LogP contribution in [-0.2, 0) is 0 Å². The molecule has 0 aliphatic rings. The van der Waals surface area contributed by atoms with Gasteiger partial charge in [0, 0.05) is 23.5 Å². The number of aliphatic hydroxyl groups excluding tert-OH is 1. The number of rotatable bonds is 5. The minimum Gasteiger partial charge on any atom is -0.384 e. The smallest absolute Gasteiger partial charge is 0.254 e.